The van der Waals surface area contributed by atoms with E-state index in [2.05, 4.69) is 9.88 Å². The largest absolute Gasteiger partial charge is 0.381 e. The molecule has 0 N–H and O–H groups in total. The molecular formula is C18H19Cl2N3O2. The zero-order valence-corrected chi connectivity index (χ0v) is 15.4. The monoisotopic (exact) mass is 379 g/mol. The lowest BCUT2D eigenvalue weighted by atomic mass is 9.92. The molecule has 2 aromatic rings. The maximum Gasteiger partial charge on any atom is 0.260 e. The van der Waals surface area contributed by atoms with Crippen molar-refractivity contribution in [2.24, 2.45) is 11.8 Å². The minimum Gasteiger partial charge on any atom is -0.381 e. The molecule has 0 bridgehead atoms. The van der Waals surface area contributed by atoms with E-state index in [-0.39, 0.29) is 5.56 Å². The van der Waals surface area contributed by atoms with E-state index in [1.54, 1.807) is 24.3 Å². The highest BCUT2D eigenvalue weighted by Crippen LogP contribution is 2.32. The average Bonchev–Trinajstić information content (AvgIpc) is 3.02. The van der Waals surface area contributed by atoms with Crippen LogP contribution in [0.25, 0.3) is 5.69 Å². The number of benzene rings is 1. The molecule has 0 spiro atoms. The van der Waals surface area contributed by atoms with Gasteiger partial charge in [-0.2, -0.15) is 0 Å². The quantitative estimate of drug-likeness (QED) is 0.802. The van der Waals surface area contributed by atoms with Crippen molar-refractivity contribution in [3.8, 4) is 5.69 Å². The average molecular weight is 380 g/mol. The van der Waals surface area contributed by atoms with Gasteiger partial charge in [-0.1, -0.05) is 29.3 Å². The molecule has 7 heteroatoms. The third kappa shape index (κ3) is 3.05. The minimum atomic E-state index is -0.155. The van der Waals surface area contributed by atoms with Crippen LogP contribution in [0.4, 0.5) is 5.82 Å². The Labute approximate surface area is 156 Å². The molecular weight excluding hydrogens is 361 g/mol. The van der Waals surface area contributed by atoms with E-state index >= 15 is 0 Å². The molecule has 1 aromatic carbocycles. The van der Waals surface area contributed by atoms with E-state index in [0.717, 1.165) is 38.5 Å². The number of aryl methyl sites for hydroxylation is 1. The Balaban J connectivity index is 1.70. The first-order valence-electron chi connectivity index (χ1n) is 8.42. The highest BCUT2D eigenvalue weighted by atomic mass is 35.5. The second kappa shape index (κ2) is 6.63. The topological polar surface area (TPSA) is 47.4 Å². The van der Waals surface area contributed by atoms with Crippen LogP contribution < -0.4 is 10.5 Å². The number of rotatable bonds is 2. The van der Waals surface area contributed by atoms with Crippen LogP contribution in [0, 0.1) is 18.8 Å². The van der Waals surface area contributed by atoms with Crippen LogP contribution in [0.2, 0.25) is 10.0 Å². The summed E-state index contributed by atoms with van der Waals surface area (Å²) in [4.78, 5) is 19.6. The van der Waals surface area contributed by atoms with E-state index in [1.165, 1.54) is 4.57 Å². The lowest BCUT2D eigenvalue weighted by molar-refractivity contribution is 0.0373. The third-order valence-electron chi connectivity index (χ3n) is 5.11. The Bertz CT molecular complexity index is 854. The maximum absolute atomic E-state index is 12.8. The fourth-order valence-corrected chi connectivity index (χ4v) is 4.19. The van der Waals surface area contributed by atoms with Crippen LogP contribution >= 0.6 is 23.2 Å². The van der Waals surface area contributed by atoms with Gasteiger partial charge in [0.1, 0.15) is 11.6 Å². The first kappa shape index (κ1) is 16.9. The van der Waals surface area contributed by atoms with Gasteiger partial charge in [-0.3, -0.25) is 9.36 Å². The van der Waals surface area contributed by atoms with Crippen LogP contribution in [0.5, 0.6) is 0 Å². The summed E-state index contributed by atoms with van der Waals surface area (Å²) in [6.45, 7) is 5.26. The zero-order valence-electron chi connectivity index (χ0n) is 13.9. The molecule has 0 aliphatic carbocycles. The van der Waals surface area contributed by atoms with Crippen molar-refractivity contribution in [1.29, 1.82) is 0 Å². The summed E-state index contributed by atoms with van der Waals surface area (Å²) in [5, 5.41) is 0.770. The number of ether oxygens (including phenoxy) is 1. The summed E-state index contributed by atoms with van der Waals surface area (Å²) in [7, 11) is 0. The summed E-state index contributed by atoms with van der Waals surface area (Å²) in [5.41, 5.74) is 0.400. The normalized spacial score (nSPS) is 22.9. The number of halogens is 2. The molecule has 132 valence electrons. The van der Waals surface area contributed by atoms with Crippen LogP contribution in [-0.4, -0.2) is 35.9 Å². The maximum atomic E-state index is 12.8. The predicted octanol–water partition coefficient (Wildman–Crippen LogP) is 3.32. The lowest BCUT2D eigenvalue weighted by Crippen LogP contribution is -2.28. The molecule has 2 fully saturated rings. The van der Waals surface area contributed by atoms with Crippen molar-refractivity contribution in [3.63, 3.8) is 0 Å². The number of hydrogen-bond donors (Lipinski definition) is 0. The van der Waals surface area contributed by atoms with E-state index in [4.69, 9.17) is 27.9 Å². The van der Waals surface area contributed by atoms with E-state index in [0.29, 0.717) is 33.4 Å². The van der Waals surface area contributed by atoms with E-state index < -0.39 is 0 Å². The van der Waals surface area contributed by atoms with Gasteiger partial charge in [-0.25, -0.2) is 4.98 Å². The highest BCUT2D eigenvalue weighted by Gasteiger charge is 2.35. The molecule has 1 aromatic heterocycles. The summed E-state index contributed by atoms with van der Waals surface area (Å²) >= 11 is 12.4. The summed E-state index contributed by atoms with van der Waals surface area (Å²) in [6, 6.07) is 6.83. The van der Waals surface area contributed by atoms with Crippen LogP contribution in [-0.2, 0) is 4.74 Å². The van der Waals surface area contributed by atoms with Crippen molar-refractivity contribution < 1.29 is 4.74 Å². The smallest absolute Gasteiger partial charge is 0.260 e. The van der Waals surface area contributed by atoms with Gasteiger partial charge in [0, 0.05) is 31.7 Å². The highest BCUT2D eigenvalue weighted by molar-refractivity contribution is 6.43. The van der Waals surface area contributed by atoms with E-state index in [1.807, 2.05) is 6.92 Å². The van der Waals surface area contributed by atoms with Crippen LogP contribution in [0.15, 0.2) is 29.1 Å². The van der Waals surface area contributed by atoms with Gasteiger partial charge in [0.2, 0.25) is 0 Å². The Kier molecular flexibility index (Phi) is 4.48. The van der Waals surface area contributed by atoms with Gasteiger partial charge in [0.05, 0.1) is 22.3 Å². The molecule has 4 rings (SSSR count). The number of aromatic nitrogens is 2. The molecule has 2 aliphatic heterocycles. The van der Waals surface area contributed by atoms with E-state index in [9.17, 15) is 4.79 Å². The molecule has 2 saturated heterocycles. The first-order valence-corrected chi connectivity index (χ1v) is 9.18. The standard InChI is InChI=1S/C18H19Cl2N3O2/c1-11-21-16(22-8-12-5-6-25-10-13(12)9-22)7-17(24)23(11)15-4-2-3-14(19)18(15)20/h2-4,7,12-13H,5-6,8-10H2,1H3/t12?,13-/m0/s1. The molecule has 2 aliphatic rings. The van der Waals surface area contributed by atoms with Crippen molar-refractivity contribution in [2.45, 2.75) is 13.3 Å². The van der Waals surface area contributed by atoms with Crippen LogP contribution in [0.3, 0.4) is 0 Å². The molecule has 2 atom stereocenters. The third-order valence-corrected chi connectivity index (χ3v) is 5.92. The zero-order chi connectivity index (χ0) is 17.6. The van der Waals surface area contributed by atoms with Gasteiger partial charge >= 0.3 is 0 Å². The van der Waals surface area contributed by atoms with Crippen LogP contribution in [0.1, 0.15) is 12.2 Å². The number of anilines is 1. The Morgan fingerprint density at radius 3 is 2.80 bits per heavy atom. The van der Waals surface area contributed by atoms with Gasteiger partial charge in [0.25, 0.3) is 5.56 Å². The molecule has 0 amide bonds. The molecule has 1 unspecified atom stereocenters. The van der Waals surface area contributed by atoms with Gasteiger partial charge in [0.15, 0.2) is 0 Å². The Hall–Kier alpha value is -1.56. The van der Waals surface area contributed by atoms with Gasteiger partial charge < -0.3 is 9.64 Å². The van der Waals surface area contributed by atoms with Crippen molar-refractivity contribution >= 4 is 29.0 Å². The summed E-state index contributed by atoms with van der Waals surface area (Å²) in [6.07, 6.45) is 1.08. The number of fused-ring (bicyclic) bond motifs is 1. The fraction of sp³-hybridized carbons (Fsp3) is 0.444. The molecule has 0 saturated carbocycles. The Morgan fingerprint density at radius 2 is 2.04 bits per heavy atom. The fourth-order valence-electron chi connectivity index (χ4n) is 3.81. The SMILES string of the molecule is Cc1nc(N2CC3CCOC[C@@H]3C2)cc(=O)n1-c1cccc(Cl)c1Cl. The molecule has 5 nitrogen and oxygen atoms in total. The Morgan fingerprint density at radius 1 is 1.24 bits per heavy atom. The van der Waals surface area contributed by atoms with Gasteiger partial charge in [-0.15, -0.1) is 0 Å². The second-order valence-corrected chi connectivity index (χ2v) is 7.48. The van der Waals surface area contributed by atoms with Gasteiger partial charge in [-0.05, 0) is 31.4 Å². The second-order valence-electron chi connectivity index (χ2n) is 6.70. The lowest BCUT2D eigenvalue weighted by Gasteiger charge is -2.23. The number of nitrogens with zero attached hydrogens (tertiary/aromatic N) is 3. The summed E-state index contributed by atoms with van der Waals surface area (Å²) < 4.78 is 7.08. The minimum absolute atomic E-state index is 0.155. The van der Waals surface area contributed by atoms with Crippen molar-refractivity contribution in [3.05, 3.63) is 50.5 Å². The predicted molar refractivity (Wildman–Crippen MR) is 99.2 cm³/mol. The van der Waals surface area contributed by atoms with Crippen molar-refractivity contribution in [2.75, 3.05) is 31.2 Å². The molecule has 0 radical (unpaired) electrons. The first-order chi connectivity index (χ1) is 12.0. The number of hydrogen-bond acceptors (Lipinski definition) is 4. The summed E-state index contributed by atoms with van der Waals surface area (Å²) in [5.74, 6) is 2.48. The van der Waals surface area contributed by atoms with Crippen molar-refractivity contribution in [1.82, 2.24) is 9.55 Å². The molecule has 25 heavy (non-hydrogen) atoms. The molecule has 3 heterocycles.